The fourth-order valence-electron chi connectivity index (χ4n) is 2.74. The van der Waals surface area contributed by atoms with Gasteiger partial charge in [0.1, 0.15) is 5.69 Å². The molecular formula is C22H16Cl2N2O6. The van der Waals surface area contributed by atoms with Crippen molar-refractivity contribution < 1.29 is 28.4 Å². The van der Waals surface area contributed by atoms with Crippen molar-refractivity contribution >= 4 is 53.0 Å². The first kappa shape index (κ1) is 23.1. The van der Waals surface area contributed by atoms with Gasteiger partial charge in [-0.15, -0.1) is 0 Å². The Bertz CT molecular complexity index is 1180. The first-order chi connectivity index (χ1) is 15.3. The minimum atomic E-state index is -0.796. The van der Waals surface area contributed by atoms with E-state index in [0.29, 0.717) is 11.1 Å². The van der Waals surface area contributed by atoms with Crippen LogP contribution in [0.5, 0.6) is 0 Å². The minimum Gasteiger partial charge on any atom is -0.465 e. The number of hydrogen-bond donors (Lipinski definition) is 1. The number of ether oxygens (including phenoxy) is 2. The van der Waals surface area contributed by atoms with Crippen molar-refractivity contribution in [1.29, 1.82) is 0 Å². The molecule has 0 bridgehead atoms. The minimum absolute atomic E-state index is 0.0325. The van der Waals surface area contributed by atoms with E-state index < -0.39 is 17.8 Å². The summed E-state index contributed by atoms with van der Waals surface area (Å²) in [4.78, 5) is 36.2. The van der Waals surface area contributed by atoms with Crippen molar-refractivity contribution in [2.75, 3.05) is 19.5 Å². The van der Waals surface area contributed by atoms with Gasteiger partial charge in [0, 0.05) is 11.6 Å². The molecule has 0 aliphatic heterocycles. The Hall–Kier alpha value is -3.62. The summed E-state index contributed by atoms with van der Waals surface area (Å²) in [5, 5.41) is 6.78. The normalized spacial score (nSPS) is 10.8. The zero-order chi connectivity index (χ0) is 23.3. The van der Waals surface area contributed by atoms with Gasteiger partial charge in [-0.25, -0.2) is 9.59 Å². The maximum absolute atomic E-state index is 12.4. The molecule has 0 aliphatic carbocycles. The zero-order valence-corrected chi connectivity index (χ0v) is 18.4. The van der Waals surface area contributed by atoms with E-state index in [0.717, 1.165) is 0 Å². The Balaban J connectivity index is 1.85. The standard InChI is InChI=1S/C22H16Cl2N2O6/c1-30-21(28)13-9-6-12(7-10-13)8-11-16(27)25-20-18(22(29)31-2)19(26-32-20)17-14(23)4-3-5-15(17)24/h3-11H,1-2H3,(H,25,27)/b11-8+. The van der Waals surface area contributed by atoms with Gasteiger partial charge >= 0.3 is 11.9 Å². The summed E-state index contributed by atoms with van der Waals surface area (Å²) < 4.78 is 14.6. The molecule has 0 radical (unpaired) electrons. The van der Waals surface area contributed by atoms with Gasteiger partial charge in [-0.05, 0) is 35.9 Å². The maximum Gasteiger partial charge on any atom is 0.345 e. The molecule has 1 aromatic heterocycles. The maximum atomic E-state index is 12.4. The van der Waals surface area contributed by atoms with Crippen LogP contribution < -0.4 is 5.32 Å². The van der Waals surface area contributed by atoms with E-state index in [4.69, 9.17) is 32.5 Å². The Morgan fingerprint density at radius 3 is 2.19 bits per heavy atom. The number of esters is 2. The van der Waals surface area contributed by atoms with E-state index in [1.165, 1.54) is 26.4 Å². The second-order valence-corrected chi connectivity index (χ2v) is 7.07. The van der Waals surface area contributed by atoms with Crippen molar-refractivity contribution in [2.24, 2.45) is 0 Å². The fraction of sp³-hybridized carbons (Fsp3) is 0.0909. The number of halogens is 2. The molecular weight excluding hydrogens is 459 g/mol. The molecule has 8 nitrogen and oxygen atoms in total. The van der Waals surface area contributed by atoms with E-state index >= 15 is 0 Å². The van der Waals surface area contributed by atoms with E-state index in [2.05, 4.69) is 15.2 Å². The third-order valence-electron chi connectivity index (χ3n) is 4.28. The summed E-state index contributed by atoms with van der Waals surface area (Å²) in [7, 11) is 2.47. The highest BCUT2D eigenvalue weighted by molar-refractivity contribution is 6.39. The molecule has 2 aromatic carbocycles. The molecule has 0 saturated heterocycles. The quantitative estimate of drug-likeness (QED) is 0.400. The Morgan fingerprint density at radius 2 is 1.59 bits per heavy atom. The fourth-order valence-corrected chi connectivity index (χ4v) is 3.31. The first-order valence-corrected chi connectivity index (χ1v) is 9.81. The number of anilines is 1. The molecule has 0 fully saturated rings. The number of rotatable bonds is 6. The lowest BCUT2D eigenvalue weighted by atomic mass is 10.1. The van der Waals surface area contributed by atoms with Crippen LogP contribution in [0.2, 0.25) is 10.0 Å². The summed E-state index contributed by atoms with van der Waals surface area (Å²) in [6, 6.07) is 11.2. The SMILES string of the molecule is COC(=O)c1ccc(/C=C/C(=O)Nc2onc(-c3c(Cl)cccc3Cl)c2C(=O)OC)cc1. The number of amides is 1. The third kappa shape index (κ3) is 4.99. The molecule has 32 heavy (non-hydrogen) atoms. The third-order valence-corrected chi connectivity index (χ3v) is 4.91. The topological polar surface area (TPSA) is 108 Å². The second kappa shape index (κ2) is 10.1. The molecule has 0 unspecified atom stereocenters. The van der Waals surface area contributed by atoms with Crippen LogP contribution >= 0.6 is 23.2 Å². The molecule has 0 spiro atoms. The lowest BCUT2D eigenvalue weighted by molar-refractivity contribution is -0.112. The van der Waals surface area contributed by atoms with Crippen LogP contribution in [-0.2, 0) is 14.3 Å². The Morgan fingerprint density at radius 1 is 0.969 bits per heavy atom. The van der Waals surface area contributed by atoms with Crippen molar-refractivity contribution in [1.82, 2.24) is 5.16 Å². The van der Waals surface area contributed by atoms with E-state index in [-0.39, 0.29) is 32.8 Å². The summed E-state index contributed by atoms with van der Waals surface area (Å²) in [5.41, 5.74) is 1.20. The predicted octanol–water partition coefficient (Wildman–Crippen LogP) is 4.87. The van der Waals surface area contributed by atoms with E-state index in [1.54, 1.807) is 42.5 Å². The Labute approximate surface area is 192 Å². The number of nitrogens with one attached hydrogen (secondary N) is 1. The molecule has 1 heterocycles. The van der Waals surface area contributed by atoms with Crippen LogP contribution in [0.15, 0.2) is 53.1 Å². The van der Waals surface area contributed by atoms with Gasteiger partial charge in [0.15, 0.2) is 5.56 Å². The summed E-state index contributed by atoms with van der Waals surface area (Å²) in [6.45, 7) is 0. The van der Waals surface area contributed by atoms with Crippen molar-refractivity contribution in [3.63, 3.8) is 0 Å². The van der Waals surface area contributed by atoms with E-state index in [9.17, 15) is 14.4 Å². The van der Waals surface area contributed by atoms with Crippen LogP contribution in [0.25, 0.3) is 17.3 Å². The Kier molecular flexibility index (Phi) is 7.29. The number of nitrogens with zero attached hydrogens (tertiary/aromatic N) is 1. The molecule has 0 aliphatic rings. The lowest BCUT2D eigenvalue weighted by Crippen LogP contribution is -2.12. The zero-order valence-electron chi connectivity index (χ0n) is 16.8. The highest BCUT2D eigenvalue weighted by atomic mass is 35.5. The highest BCUT2D eigenvalue weighted by Crippen LogP contribution is 2.38. The van der Waals surface area contributed by atoms with Crippen LogP contribution in [-0.4, -0.2) is 37.2 Å². The number of carbonyl (C=O) groups is 3. The number of benzene rings is 2. The van der Waals surface area contributed by atoms with Gasteiger partial charge in [-0.2, -0.15) is 0 Å². The van der Waals surface area contributed by atoms with Gasteiger partial charge < -0.3 is 14.0 Å². The summed E-state index contributed by atoms with van der Waals surface area (Å²) >= 11 is 12.4. The van der Waals surface area contributed by atoms with Crippen molar-refractivity contribution in [2.45, 2.75) is 0 Å². The van der Waals surface area contributed by atoms with Crippen molar-refractivity contribution in [3.8, 4) is 11.3 Å². The first-order valence-electron chi connectivity index (χ1n) is 9.05. The smallest absolute Gasteiger partial charge is 0.345 e. The van der Waals surface area contributed by atoms with Crippen LogP contribution in [0.3, 0.4) is 0 Å². The molecule has 164 valence electrons. The van der Waals surface area contributed by atoms with Gasteiger partial charge in [0.2, 0.25) is 5.88 Å². The molecule has 10 heteroatoms. The largest absolute Gasteiger partial charge is 0.465 e. The molecule has 1 N–H and O–H groups in total. The van der Waals surface area contributed by atoms with Gasteiger partial charge in [0.25, 0.3) is 5.91 Å². The highest BCUT2D eigenvalue weighted by Gasteiger charge is 2.28. The number of hydrogen-bond acceptors (Lipinski definition) is 7. The van der Waals surface area contributed by atoms with E-state index in [1.807, 2.05) is 0 Å². The van der Waals surface area contributed by atoms with Gasteiger partial charge in [0.05, 0.1) is 29.8 Å². The molecule has 3 rings (SSSR count). The monoisotopic (exact) mass is 474 g/mol. The van der Waals surface area contributed by atoms with Gasteiger partial charge in [-0.1, -0.05) is 46.6 Å². The molecule has 3 aromatic rings. The van der Waals surface area contributed by atoms with Gasteiger partial charge in [-0.3, -0.25) is 10.1 Å². The summed E-state index contributed by atoms with van der Waals surface area (Å²) in [5.74, 6) is -2.08. The van der Waals surface area contributed by atoms with Crippen LogP contribution in [0, 0.1) is 0 Å². The second-order valence-electron chi connectivity index (χ2n) is 6.26. The average molecular weight is 475 g/mol. The van der Waals surface area contributed by atoms with Crippen LogP contribution in [0.4, 0.5) is 5.88 Å². The lowest BCUT2D eigenvalue weighted by Gasteiger charge is -2.06. The summed E-state index contributed by atoms with van der Waals surface area (Å²) in [6.07, 6.45) is 2.73. The molecule has 0 atom stereocenters. The van der Waals surface area contributed by atoms with Crippen molar-refractivity contribution in [3.05, 3.63) is 75.3 Å². The number of aromatic nitrogens is 1. The molecule has 0 saturated carbocycles. The number of methoxy groups -OCH3 is 2. The van der Waals surface area contributed by atoms with Crippen LogP contribution in [0.1, 0.15) is 26.3 Å². The number of carbonyl (C=O) groups excluding carboxylic acids is 3. The molecule has 1 amide bonds. The average Bonchev–Trinajstić information content (AvgIpc) is 3.19. The predicted molar refractivity (Wildman–Crippen MR) is 119 cm³/mol.